The first-order valence-electron chi connectivity index (χ1n) is 4.79. The lowest BCUT2D eigenvalue weighted by atomic mass is 10.3. The van der Waals surface area contributed by atoms with Crippen LogP contribution in [0.15, 0.2) is 41.4 Å². The normalized spacial score (nSPS) is 11.4. The molecule has 0 amide bonds. The molecule has 0 aliphatic heterocycles. The van der Waals surface area contributed by atoms with Gasteiger partial charge in [-0.05, 0) is 12.1 Å². The van der Waals surface area contributed by atoms with E-state index >= 15 is 0 Å². The number of para-hydroxylation sites is 1. The molecule has 1 heterocycles. The highest BCUT2D eigenvalue weighted by atomic mass is 32.2. The number of aryl methyl sites for hydroxylation is 1. The van der Waals surface area contributed by atoms with Crippen LogP contribution in [0.4, 0.5) is 5.82 Å². The Bertz CT molecular complexity index is 634. The molecule has 2 N–H and O–H groups in total. The molecule has 0 bridgehead atoms. The fourth-order valence-corrected chi connectivity index (χ4v) is 2.44. The van der Waals surface area contributed by atoms with Gasteiger partial charge in [0.25, 0.3) is 10.0 Å². The van der Waals surface area contributed by atoms with Crippen molar-refractivity contribution in [3.05, 3.63) is 36.5 Å². The third-order valence-electron chi connectivity index (χ3n) is 2.11. The number of nitrogens with zero attached hydrogens (tertiary/aromatic N) is 2. The van der Waals surface area contributed by atoms with Gasteiger partial charge in [0.15, 0.2) is 5.82 Å². The second-order valence-electron chi connectivity index (χ2n) is 3.45. The second-order valence-corrected chi connectivity index (χ2v) is 5.10. The molecule has 0 saturated heterocycles. The van der Waals surface area contributed by atoms with Crippen molar-refractivity contribution in [2.75, 3.05) is 4.72 Å². The average molecular weight is 253 g/mol. The number of nitrogens with one attached hydrogen (secondary N) is 1. The highest BCUT2D eigenvalue weighted by Crippen LogP contribution is 2.23. The van der Waals surface area contributed by atoms with E-state index in [1.54, 1.807) is 19.3 Å². The van der Waals surface area contributed by atoms with Gasteiger partial charge in [-0.25, -0.2) is 8.42 Å². The van der Waals surface area contributed by atoms with E-state index in [4.69, 9.17) is 0 Å². The molecule has 2 rings (SSSR count). The molecule has 0 spiro atoms. The van der Waals surface area contributed by atoms with E-state index < -0.39 is 10.0 Å². The molecule has 0 radical (unpaired) electrons. The van der Waals surface area contributed by atoms with Crippen LogP contribution in [0, 0.1) is 0 Å². The maximum absolute atomic E-state index is 11.9. The maximum atomic E-state index is 11.9. The number of aromatic nitrogens is 2. The van der Waals surface area contributed by atoms with Gasteiger partial charge >= 0.3 is 0 Å². The zero-order chi connectivity index (χ0) is 12.5. The van der Waals surface area contributed by atoms with Crippen LogP contribution in [0.25, 0.3) is 0 Å². The molecule has 17 heavy (non-hydrogen) atoms. The number of hydrogen-bond acceptors (Lipinski definition) is 4. The molecule has 0 aliphatic rings. The summed E-state index contributed by atoms with van der Waals surface area (Å²) in [6.07, 6.45) is 1.61. The van der Waals surface area contributed by atoms with Gasteiger partial charge in [-0.15, -0.1) is 0 Å². The fraction of sp³-hybridized carbons (Fsp3) is 0.100. The zero-order valence-corrected chi connectivity index (χ0v) is 9.85. The number of sulfonamides is 1. The van der Waals surface area contributed by atoms with Crippen LogP contribution in [0.3, 0.4) is 0 Å². The second kappa shape index (κ2) is 4.10. The molecule has 0 unspecified atom stereocenters. The lowest BCUT2D eigenvalue weighted by molar-refractivity contribution is 0.459. The quantitative estimate of drug-likeness (QED) is 0.852. The highest BCUT2D eigenvalue weighted by molar-refractivity contribution is 7.92. The topological polar surface area (TPSA) is 84.2 Å². The van der Waals surface area contributed by atoms with Crippen molar-refractivity contribution in [2.45, 2.75) is 4.90 Å². The van der Waals surface area contributed by atoms with E-state index in [1.807, 2.05) is 0 Å². The third-order valence-corrected chi connectivity index (χ3v) is 3.51. The first kappa shape index (κ1) is 11.5. The standard InChI is InChI=1S/C10H11N3O3S/c1-13-7-6-10(11-13)12-17(15,16)9-5-3-2-4-8(9)14/h2-7,14H,1H3,(H,11,12). The highest BCUT2D eigenvalue weighted by Gasteiger charge is 2.18. The minimum absolute atomic E-state index is 0.175. The van der Waals surface area contributed by atoms with E-state index in [0.717, 1.165) is 0 Å². The summed E-state index contributed by atoms with van der Waals surface area (Å²) >= 11 is 0. The van der Waals surface area contributed by atoms with Crippen LogP contribution in [0.1, 0.15) is 0 Å². The van der Waals surface area contributed by atoms with Crippen LogP contribution >= 0.6 is 0 Å². The molecular formula is C10H11N3O3S. The molecule has 0 saturated carbocycles. The van der Waals surface area contributed by atoms with Crippen LogP contribution in [0.5, 0.6) is 5.75 Å². The van der Waals surface area contributed by atoms with Crippen LogP contribution in [-0.4, -0.2) is 23.3 Å². The van der Waals surface area contributed by atoms with E-state index in [9.17, 15) is 13.5 Å². The summed E-state index contributed by atoms with van der Waals surface area (Å²) in [5, 5.41) is 13.4. The Labute approximate surface area is 98.6 Å². The van der Waals surface area contributed by atoms with E-state index in [1.165, 1.54) is 28.9 Å². The van der Waals surface area contributed by atoms with E-state index in [0.29, 0.717) is 0 Å². The van der Waals surface area contributed by atoms with Gasteiger partial charge in [-0.3, -0.25) is 9.40 Å². The summed E-state index contributed by atoms with van der Waals surface area (Å²) in [6, 6.07) is 7.24. The lowest BCUT2D eigenvalue weighted by Crippen LogP contribution is -2.13. The SMILES string of the molecule is Cn1ccc(NS(=O)(=O)c2ccccc2O)n1. The molecule has 1 aromatic carbocycles. The molecule has 2 aromatic rings. The number of phenols is 1. The summed E-state index contributed by atoms with van der Waals surface area (Å²) in [6.45, 7) is 0. The minimum atomic E-state index is -3.81. The van der Waals surface area contributed by atoms with Gasteiger partial charge in [0, 0.05) is 19.3 Å². The summed E-state index contributed by atoms with van der Waals surface area (Å²) < 4.78 is 27.6. The van der Waals surface area contributed by atoms with Crippen molar-refractivity contribution in [1.29, 1.82) is 0 Å². The van der Waals surface area contributed by atoms with E-state index in [2.05, 4.69) is 9.82 Å². The van der Waals surface area contributed by atoms with Crippen LogP contribution in [-0.2, 0) is 17.1 Å². The van der Waals surface area contributed by atoms with Gasteiger partial charge in [0.05, 0.1) is 0 Å². The summed E-state index contributed by atoms with van der Waals surface area (Å²) in [7, 11) is -2.13. The Kier molecular flexibility index (Phi) is 2.76. The van der Waals surface area contributed by atoms with Crippen LogP contribution < -0.4 is 4.72 Å². The largest absolute Gasteiger partial charge is 0.507 e. The number of phenolic OH excluding ortho intramolecular Hbond substituents is 1. The number of anilines is 1. The summed E-state index contributed by atoms with van der Waals surface area (Å²) in [5.74, 6) is -0.0910. The van der Waals surface area contributed by atoms with Crippen molar-refractivity contribution < 1.29 is 13.5 Å². The smallest absolute Gasteiger partial charge is 0.266 e. The molecule has 0 aliphatic carbocycles. The monoisotopic (exact) mass is 253 g/mol. The molecule has 1 aromatic heterocycles. The fourth-order valence-electron chi connectivity index (χ4n) is 1.35. The minimum Gasteiger partial charge on any atom is -0.507 e. The van der Waals surface area contributed by atoms with E-state index in [-0.39, 0.29) is 16.5 Å². The van der Waals surface area contributed by atoms with Crippen LogP contribution in [0.2, 0.25) is 0 Å². The molecule has 0 fully saturated rings. The Balaban J connectivity index is 2.35. The van der Waals surface area contributed by atoms with Crippen molar-refractivity contribution in [3.63, 3.8) is 0 Å². The molecule has 90 valence electrons. The Morgan fingerprint density at radius 1 is 1.29 bits per heavy atom. The maximum Gasteiger partial charge on any atom is 0.266 e. The number of benzene rings is 1. The Hall–Kier alpha value is -2.02. The average Bonchev–Trinajstić information content (AvgIpc) is 2.63. The van der Waals surface area contributed by atoms with Gasteiger partial charge in [-0.2, -0.15) is 5.10 Å². The summed E-state index contributed by atoms with van der Waals surface area (Å²) in [4.78, 5) is -0.175. The van der Waals surface area contributed by atoms with Gasteiger partial charge in [0.1, 0.15) is 10.6 Å². The van der Waals surface area contributed by atoms with Crippen molar-refractivity contribution in [3.8, 4) is 5.75 Å². The van der Waals surface area contributed by atoms with Crippen molar-refractivity contribution in [2.24, 2.45) is 7.05 Å². The van der Waals surface area contributed by atoms with Gasteiger partial charge < -0.3 is 5.11 Å². The lowest BCUT2D eigenvalue weighted by Gasteiger charge is -2.06. The Morgan fingerprint density at radius 2 is 2.00 bits per heavy atom. The van der Waals surface area contributed by atoms with Gasteiger partial charge in [0.2, 0.25) is 0 Å². The molecule has 0 atom stereocenters. The zero-order valence-electron chi connectivity index (χ0n) is 9.03. The van der Waals surface area contributed by atoms with Crippen molar-refractivity contribution >= 4 is 15.8 Å². The first-order valence-corrected chi connectivity index (χ1v) is 6.28. The van der Waals surface area contributed by atoms with Gasteiger partial charge in [-0.1, -0.05) is 12.1 Å². The molecule has 7 heteroatoms. The predicted octanol–water partition coefficient (Wildman–Crippen LogP) is 0.926. The molecular weight excluding hydrogens is 242 g/mol. The number of aromatic hydroxyl groups is 1. The first-order chi connectivity index (χ1) is 7.99. The predicted molar refractivity (Wildman–Crippen MR) is 62.1 cm³/mol. The molecule has 6 nitrogen and oxygen atoms in total. The third kappa shape index (κ3) is 2.39. The van der Waals surface area contributed by atoms with Crippen molar-refractivity contribution in [1.82, 2.24) is 9.78 Å². The number of rotatable bonds is 3. The number of hydrogen-bond donors (Lipinski definition) is 2. The Morgan fingerprint density at radius 3 is 2.59 bits per heavy atom. The summed E-state index contributed by atoms with van der Waals surface area (Å²) in [5.41, 5.74) is 0.